The number of carbonyl (C=O) groups is 2. The molecule has 1 aliphatic rings. The average Bonchev–Trinajstić information content (AvgIpc) is 2.62. The van der Waals surface area contributed by atoms with Crippen LogP contribution in [0, 0.1) is 0 Å². The van der Waals surface area contributed by atoms with E-state index in [1.807, 2.05) is 0 Å². The van der Waals surface area contributed by atoms with Gasteiger partial charge in [0.25, 0.3) is 11.8 Å². The summed E-state index contributed by atoms with van der Waals surface area (Å²) in [4.78, 5) is 30.5. The molecule has 2 heterocycles. The molecule has 0 saturated carbocycles. The molecule has 0 spiro atoms. The van der Waals surface area contributed by atoms with Gasteiger partial charge in [0, 0.05) is 42.8 Å². The van der Waals surface area contributed by atoms with Crippen LogP contribution in [0.5, 0.6) is 0 Å². The number of hydrogen-bond donors (Lipinski definition) is 2. The lowest BCUT2D eigenvalue weighted by Gasteiger charge is -2.30. The van der Waals surface area contributed by atoms with Gasteiger partial charge >= 0.3 is 0 Å². The Hall–Kier alpha value is -2.73. The summed E-state index contributed by atoms with van der Waals surface area (Å²) in [6, 6.07) is 10.4. The number of piperidine rings is 1. The second-order valence-electron chi connectivity index (χ2n) is 5.93. The highest BCUT2D eigenvalue weighted by atomic mass is 16.2. The Labute approximate surface area is 140 Å². The van der Waals surface area contributed by atoms with Crippen LogP contribution in [-0.4, -0.2) is 40.8 Å². The fraction of sp³-hybridized carbons (Fsp3) is 0.278. The van der Waals surface area contributed by atoms with E-state index in [2.05, 4.69) is 10.3 Å². The lowest BCUT2D eigenvalue weighted by Crippen LogP contribution is -2.45. The summed E-state index contributed by atoms with van der Waals surface area (Å²) in [5.41, 5.74) is 7.54. The van der Waals surface area contributed by atoms with Crippen LogP contribution in [0.15, 0.2) is 48.8 Å². The van der Waals surface area contributed by atoms with Crippen LogP contribution in [0.4, 0.5) is 5.69 Å². The number of carbonyl (C=O) groups excluding carboxylic acids is 2. The number of hydrogen-bond acceptors (Lipinski definition) is 4. The molecule has 2 aromatic rings. The quantitative estimate of drug-likeness (QED) is 0.902. The first-order chi connectivity index (χ1) is 11.6. The highest BCUT2D eigenvalue weighted by Gasteiger charge is 2.22. The molecule has 1 saturated heterocycles. The molecule has 0 aliphatic carbocycles. The molecule has 0 bridgehead atoms. The van der Waals surface area contributed by atoms with Gasteiger partial charge in [-0.25, -0.2) is 0 Å². The second-order valence-corrected chi connectivity index (χ2v) is 5.93. The first-order valence-corrected chi connectivity index (χ1v) is 8.00. The summed E-state index contributed by atoms with van der Waals surface area (Å²) >= 11 is 0. The van der Waals surface area contributed by atoms with Gasteiger partial charge in [-0.2, -0.15) is 0 Å². The van der Waals surface area contributed by atoms with Crippen LogP contribution in [0.25, 0.3) is 0 Å². The third kappa shape index (κ3) is 3.78. The van der Waals surface area contributed by atoms with Gasteiger partial charge in [-0.3, -0.25) is 14.6 Å². The fourth-order valence-corrected chi connectivity index (χ4v) is 2.81. The molecule has 3 N–H and O–H groups in total. The van der Waals surface area contributed by atoms with Crippen LogP contribution < -0.4 is 11.1 Å². The van der Waals surface area contributed by atoms with E-state index in [4.69, 9.17) is 5.73 Å². The summed E-state index contributed by atoms with van der Waals surface area (Å²) in [5, 5.41) is 2.79. The number of nitrogens with one attached hydrogen (secondary N) is 1. The summed E-state index contributed by atoms with van der Waals surface area (Å²) in [5.74, 6) is -0.310. The number of aromatic nitrogens is 1. The maximum atomic E-state index is 12.6. The van der Waals surface area contributed by atoms with Crippen LogP contribution in [0.1, 0.15) is 33.6 Å². The number of nitrogens with two attached hydrogens (primary N) is 1. The number of amides is 2. The second kappa shape index (κ2) is 7.23. The number of benzene rings is 1. The van der Waals surface area contributed by atoms with Crippen molar-refractivity contribution in [1.82, 2.24) is 9.88 Å². The van der Waals surface area contributed by atoms with E-state index in [0.717, 1.165) is 19.4 Å². The minimum atomic E-state index is -0.257. The van der Waals surface area contributed by atoms with Crippen molar-refractivity contribution in [3.05, 3.63) is 59.9 Å². The van der Waals surface area contributed by atoms with Crippen molar-refractivity contribution in [2.24, 2.45) is 5.73 Å². The molecule has 124 valence electrons. The third-order valence-electron chi connectivity index (χ3n) is 4.04. The molecule has 1 aromatic heterocycles. The zero-order chi connectivity index (χ0) is 16.9. The Morgan fingerprint density at radius 2 is 2.04 bits per heavy atom. The maximum Gasteiger partial charge on any atom is 0.257 e. The van der Waals surface area contributed by atoms with E-state index in [9.17, 15) is 9.59 Å². The van der Waals surface area contributed by atoms with Crippen molar-refractivity contribution >= 4 is 17.5 Å². The molecule has 3 rings (SSSR count). The molecule has 24 heavy (non-hydrogen) atoms. The van der Waals surface area contributed by atoms with Crippen LogP contribution >= 0.6 is 0 Å². The largest absolute Gasteiger partial charge is 0.337 e. The SMILES string of the molecule is NC1CCCN(C(=O)c2cccc(NC(=O)c3cccnc3)c2)C1. The van der Waals surface area contributed by atoms with E-state index >= 15 is 0 Å². The topological polar surface area (TPSA) is 88.3 Å². The van der Waals surface area contributed by atoms with Crippen molar-refractivity contribution in [1.29, 1.82) is 0 Å². The van der Waals surface area contributed by atoms with E-state index in [1.54, 1.807) is 47.5 Å². The molecule has 6 heteroatoms. The molecule has 1 fully saturated rings. The smallest absolute Gasteiger partial charge is 0.257 e. The molecule has 1 atom stereocenters. The van der Waals surface area contributed by atoms with Gasteiger partial charge in [-0.15, -0.1) is 0 Å². The van der Waals surface area contributed by atoms with E-state index in [-0.39, 0.29) is 17.9 Å². The Morgan fingerprint density at radius 1 is 1.21 bits per heavy atom. The highest BCUT2D eigenvalue weighted by Crippen LogP contribution is 2.17. The molecule has 1 unspecified atom stereocenters. The summed E-state index contributed by atoms with van der Waals surface area (Å²) in [6.07, 6.45) is 4.98. The zero-order valence-electron chi connectivity index (χ0n) is 13.3. The Morgan fingerprint density at radius 3 is 2.79 bits per heavy atom. The van der Waals surface area contributed by atoms with Gasteiger partial charge in [-0.05, 0) is 43.2 Å². The summed E-state index contributed by atoms with van der Waals surface area (Å²) < 4.78 is 0. The van der Waals surface area contributed by atoms with E-state index < -0.39 is 0 Å². The zero-order valence-corrected chi connectivity index (χ0v) is 13.3. The highest BCUT2D eigenvalue weighted by molar-refractivity contribution is 6.04. The van der Waals surface area contributed by atoms with Crippen LogP contribution in [-0.2, 0) is 0 Å². The lowest BCUT2D eigenvalue weighted by atomic mass is 10.1. The Kier molecular flexibility index (Phi) is 4.86. The van der Waals surface area contributed by atoms with Gasteiger partial charge in [0.2, 0.25) is 0 Å². The van der Waals surface area contributed by atoms with Crippen LogP contribution in [0.2, 0.25) is 0 Å². The maximum absolute atomic E-state index is 12.6. The third-order valence-corrected chi connectivity index (χ3v) is 4.04. The molecule has 1 aromatic carbocycles. The normalized spacial score (nSPS) is 17.4. The van der Waals surface area contributed by atoms with Crippen molar-refractivity contribution in [2.75, 3.05) is 18.4 Å². The minimum Gasteiger partial charge on any atom is -0.337 e. The number of pyridine rings is 1. The Balaban J connectivity index is 1.72. The molecule has 2 amide bonds. The number of rotatable bonds is 3. The molecule has 0 radical (unpaired) electrons. The summed E-state index contributed by atoms with van der Waals surface area (Å²) in [7, 11) is 0. The van der Waals surface area contributed by atoms with Crippen molar-refractivity contribution in [2.45, 2.75) is 18.9 Å². The fourth-order valence-electron chi connectivity index (χ4n) is 2.81. The predicted molar refractivity (Wildman–Crippen MR) is 91.7 cm³/mol. The average molecular weight is 324 g/mol. The number of likely N-dealkylation sites (tertiary alicyclic amines) is 1. The van der Waals surface area contributed by atoms with Crippen molar-refractivity contribution in [3.63, 3.8) is 0 Å². The van der Waals surface area contributed by atoms with E-state index in [0.29, 0.717) is 23.4 Å². The van der Waals surface area contributed by atoms with Gasteiger partial charge in [0.1, 0.15) is 0 Å². The molecule has 6 nitrogen and oxygen atoms in total. The monoisotopic (exact) mass is 324 g/mol. The van der Waals surface area contributed by atoms with Crippen molar-refractivity contribution < 1.29 is 9.59 Å². The molecular weight excluding hydrogens is 304 g/mol. The number of anilines is 1. The first kappa shape index (κ1) is 16.1. The van der Waals surface area contributed by atoms with Crippen LogP contribution in [0.3, 0.4) is 0 Å². The lowest BCUT2D eigenvalue weighted by molar-refractivity contribution is 0.0708. The minimum absolute atomic E-state index is 0.0381. The molecular formula is C18H20N4O2. The Bertz CT molecular complexity index is 733. The van der Waals surface area contributed by atoms with Gasteiger partial charge in [0.15, 0.2) is 0 Å². The van der Waals surface area contributed by atoms with E-state index in [1.165, 1.54) is 6.20 Å². The van der Waals surface area contributed by atoms with Gasteiger partial charge in [-0.1, -0.05) is 6.07 Å². The van der Waals surface area contributed by atoms with Gasteiger partial charge in [0.05, 0.1) is 5.56 Å². The first-order valence-electron chi connectivity index (χ1n) is 8.00. The molecule has 1 aliphatic heterocycles. The number of nitrogens with zero attached hydrogens (tertiary/aromatic N) is 2. The van der Waals surface area contributed by atoms with Gasteiger partial charge < -0.3 is 16.0 Å². The standard InChI is InChI=1S/C18H20N4O2/c19-15-6-3-9-22(12-15)18(24)13-4-1-7-16(10-13)21-17(23)14-5-2-8-20-11-14/h1-2,4-5,7-8,10-11,15H,3,6,9,12,19H2,(H,21,23). The summed E-state index contributed by atoms with van der Waals surface area (Å²) in [6.45, 7) is 1.30. The van der Waals surface area contributed by atoms with Crippen molar-refractivity contribution in [3.8, 4) is 0 Å². The predicted octanol–water partition coefficient (Wildman–Crippen LogP) is 1.90.